The molecule has 2 aliphatic rings. The summed E-state index contributed by atoms with van der Waals surface area (Å²) in [7, 11) is 0. The standard InChI is InChI=1S/C14H26N2O3.ClH/c1-13(2,3)19-12(18)16-9-6-14(7-10-16)11(17)5-4-8-15-14;/h11,15,17H,4-10H2,1-3H3;1H. The van der Waals surface area contributed by atoms with E-state index in [4.69, 9.17) is 4.74 Å². The molecule has 2 saturated heterocycles. The second kappa shape index (κ2) is 6.50. The average molecular weight is 307 g/mol. The Morgan fingerprint density at radius 3 is 2.45 bits per heavy atom. The van der Waals surface area contributed by atoms with Crippen LogP contribution < -0.4 is 5.32 Å². The van der Waals surface area contributed by atoms with Gasteiger partial charge in [0, 0.05) is 18.6 Å². The molecule has 5 nitrogen and oxygen atoms in total. The van der Waals surface area contributed by atoms with Gasteiger partial charge in [0.15, 0.2) is 0 Å². The molecule has 0 saturated carbocycles. The van der Waals surface area contributed by atoms with Crippen LogP contribution in [0, 0.1) is 0 Å². The zero-order valence-electron chi connectivity index (χ0n) is 12.6. The molecule has 20 heavy (non-hydrogen) atoms. The summed E-state index contributed by atoms with van der Waals surface area (Å²) in [6.07, 6.45) is 2.95. The predicted molar refractivity (Wildman–Crippen MR) is 80.3 cm³/mol. The third-order valence-corrected chi connectivity index (χ3v) is 4.08. The van der Waals surface area contributed by atoms with Crippen molar-refractivity contribution >= 4 is 18.5 Å². The molecule has 2 aliphatic heterocycles. The van der Waals surface area contributed by atoms with Crippen molar-refractivity contribution in [1.29, 1.82) is 0 Å². The second-order valence-electron chi connectivity index (χ2n) is 6.71. The average Bonchev–Trinajstić information content (AvgIpc) is 2.32. The molecule has 0 bridgehead atoms. The number of carbonyl (C=O) groups excluding carboxylic acids is 1. The number of likely N-dealkylation sites (tertiary alicyclic amines) is 1. The van der Waals surface area contributed by atoms with Crippen molar-refractivity contribution < 1.29 is 14.6 Å². The summed E-state index contributed by atoms with van der Waals surface area (Å²) in [5.74, 6) is 0. The molecule has 0 aromatic carbocycles. The number of rotatable bonds is 0. The van der Waals surface area contributed by atoms with E-state index < -0.39 is 5.60 Å². The number of hydrogen-bond donors (Lipinski definition) is 2. The summed E-state index contributed by atoms with van der Waals surface area (Å²) < 4.78 is 5.38. The molecule has 1 unspecified atom stereocenters. The van der Waals surface area contributed by atoms with Gasteiger partial charge in [0.1, 0.15) is 5.60 Å². The Morgan fingerprint density at radius 2 is 1.95 bits per heavy atom. The lowest BCUT2D eigenvalue weighted by Crippen LogP contribution is -2.63. The van der Waals surface area contributed by atoms with Gasteiger partial charge in [-0.3, -0.25) is 0 Å². The summed E-state index contributed by atoms with van der Waals surface area (Å²) in [5.41, 5.74) is -0.633. The van der Waals surface area contributed by atoms with Crippen LogP contribution in [0.5, 0.6) is 0 Å². The number of piperidine rings is 2. The van der Waals surface area contributed by atoms with Crippen molar-refractivity contribution in [2.75, 3.05) is 19.6 Å². The number of halogens is 1. The molecule has 2 N–H and O–H groups in total. The normalized spacial score (nSPS) is 26.0. The van der Waals surface area contributed by atoms with Gasteiger partial charge in [0.2, 0.25) is 0 Å². The molecule has 0 aromatic heterocycles. The zero-order valence-corrected chi connectivity index (χ0v) is 13.5. The van der Waals surface area contributed by atoms with E-state index in [-0.39, 0.29) is 30.1 Å². The lowest BCUT2D eigenvalue weighted by atomic mass is 9.78. The van der Waals surface area contributed by atoms with Crippen LogP contribution in [0.25, 0.3) is 0 Å². The van der Waals surface area contributed by atoms with Gasteiger partial charge in [-0.05, 0) is 53.0 Å². The van der Waals surface area contributed by atoms with Crippen molar-refractivity contribution in [3.05, 3.63) is 0 Å². The molecule has 6 heteroatoms. The summed E-state index contributed by atoms with van der Waals surface area (Å²) >= 11 is 0. The van der Waals surface area contributed by atoms with E-state index in [2.05, 4.69) is 5.32 Å². The third kappa shape index (κ3) is 3.99. The maximum atomic E-state index is 12.0. The van der Waals surface area contributed by atoms with E-state index in [1.54, 1.807) is 4.90 Å². The van der Waals surface area contributed by atoms with Crippen molar-refractivity contribution in [2.45, 2.75) is 63.7 Å². The molecule has 2 heterocycles. The first-order valence-corrected chi connectivity index (χ1v) is 7.23. The highest BCUT2D eigenvalue weighted by atomic mass is 35.5. The number of ether oxygens (including phenoxy) is 1. The maximum absolute atomic E-state index is 12.0. The fourth-order valence-electron chi connectivity index (χ4n) is 2.95. The summed E-state index contributed by atoms with van der Waals surface area (Å²) in [5, 5.41) is 13.7. The molecule has 0 aliphatic carbocycles. The Kier molecular flexibility index (Phi) is 5.70. The molecule has 118 valence electrons. The minimum atomic E-state index is -0.450. The minimum Gasteiger partial charge on any atom is -0.444 e. The second-order valence-corrected chi connectivity index (χ2v) is 6.71. The summed E-state index contributed by atoms with van der Waals surface area (Å²) in [4.78, 5) is 13.7. The zero-order chi connectivity index (χ0) is 14.1. The van der Waals surface area contributed by atoms with Crippen molar-refractivity contribution in [3.63, 3.8) is 0 Å². The first kappa shape index (κ1) is 17.5. The van der Waals surface area contributed by atoms with E-state index in [1.807, 2.05) is 20.8 Å². The van der Waals surface area contributed by atoms with Crippen LogP contribution in [0.1, 0.15) is 46.5 Å². The van der Waals surface area contributed by atoms with Crippen LogP contribution in [0.2, 0.25) is 0 Å². The highest BCUT2D eigenvalue weighted by Gasteiger charge is 2.43. The van der Waals surface area contributed by atoms with Crippen LogP contribution in [0.3, 0.4) is 0 Å². The van der Waals surface area contributed by atoms with Gasteiger partial charge >= 0.3 is 6.09 Å². The largest absolute Gasteiger partial charge is 0.444 e. The number of amides is 1. The topological polar surface area (TPSA) is 61.8 Å². The van der Waals surface area contributed by atoms with E-state index in [9.17, 15) is 9.90 Å². The highest BCUT2D eigenvalue weighted by molar-refractivity contribution is 5.85. The number of nitrogens with one attached hydrogen (secondary N) is 1. The Hall–Kier alpha value is -0.520. The van der Waals surface area contributed by atoms with Crippen LogP contribution in [-0.2, 0) is 4.74 Å². The Labute approximate surface area is 127 Å². The van der Waals surface area contributed by atoms with Crippen LogP contribution in [0.4, 0.5) is 4.79 Å². The van der Waals surface area contributed by atoms with Gasteiger partial charge < -0.3 is 20.1 Å². The lowest BCUT2D eigenvalue weighted by molar-refractivity contribution is -0.0221. The smallest absolute Gasteiger partial charge is 0.410 e. The van der Waals surface area contributed by atoms with E-state index in [1.165, 1.54) is 0 Å². The van der Waals surface area contributed by atoms with Gasteiger partial charge in [-0.15, -0.1) is 12.4 Å². The predicted octanol–water partition coefficient (Wildman–Crippen LogP) is 1.92. The van der Waals surface area contributed by atoms with Crippen LogP contribution in [0.15, 0.2) is 0 Å². The quantitative estimate of drug-likeness (QED) is 0.718. The lowest BCUT2D eigenvalue weighted by Gasteiger charge is -2.47. The minimum absolute atomic E-state index is 0. The number of aliphatic hydroxyl groups is 1. The SMILES string of the molecule is CC(C)(C)OC(=O)N1CCC2(CC1)NCCCC2O.Cl. The number of aliphatic hydroxyl groups excluding tert-OH is 1. The van der Waals surface area contributed by atoms with Crippen molar-refractivity contribution in [1.82, 2.24) is 10.2 Å². The Bertz CT molecular complexity index is 336. The monoisotopic (exact) mass is 306 g/mol. The number of carbonyl (C=O) groups is 1. The Morgan fingerprint density at radius 1 is 1.35 bits per heavy atom. The van der Waals surface area contributed by atoms with Crippen molar-refractivity contribution in [2.24, 2.45) is 0 Å². The number of hydrogen-bond acceptors (Lipinski definition) is 4. The first-order valence-electron chi connectivity index (χ1n) is 7.23. The molecule has 1 amide bonds. The fourth-order valence-corrected chi connectivity index (χ4v) is 2.95. The van der Waals surface area contributed by atoms with E-state index in [0.29, 0.717) is 13.1 Å². The summed E-state index contributed by atoms with van der Waals surface area (Å²) in [6, 6.07) is 0. The highest BCUT2D eigenvalue weighted by Crippen LogP contribution is 2.31. The van der Waals surface area contributed by atoms with Crippen molar-refractivity contribution in [3.8, 4) is 0 Å². The first-order chi connectivity index (χ1) is 8.82. The number of nitrogens with zero attached hydrogens (tertiary/aromatic N) is 1. The molecule has 2 fully saturated rings. The van der Waals surface area contributed by atoms with Gasteiger partial charge in [0.25, 0.3) is 0 Å². The molecular formula is C14H27ClN2O3. The van der Waals surface area contributed by atoms with E-state index >= 15 is 0 Å². The molecule has 1 atom stereocenters. The Balaban J connectivity index is 0.00000200. The fraction of sp³-hybridized carbons (Fsp3) is 0.929. The molecule has 2 rings (SSSR count). The molecular weight excluding hydrogens is 280 g/mol. The summed E-state index contributed by atoms with van der Waals surface area (Å²) in [6.45, 7) is 7.90. The van der Waals surface area contributed by atoms with E-state index in [0.717, 1.165) is 32.2 Å². The van der Waals surface area contributed by atoms with Gasteiger partial charge in [0.05, 0.1) is 6.10 Å². The molecule has 1 spiro atoms. The maximum Gasteiger partial charge on any atom is 0.410 e. The third-order valence-electron chi connectivity index (χ3n) is 4.08. The molecule has 0 radical (unpaired) electrons. The van der Waals surface area contributed by atoms with Gasteiger partial charge in [-0.2, -0.15) is 0 Å². The van der Waals surface area contributed by atoms with Gasteiger partial charge in [-0.25, -0.2) is 4.79 Å². The van der Waals surface area contributed by atoms with Crippen LogP contribution >= 0.6 is 12.4 Å². The van der Waals surface area contributed by atoms with Crippen LogP contribution in [-0.4, -0.2) is 53.0 Å². The molecule has 0 aromatic rings. The van der Waals surface area contributed by atoms with Gasteiger partial charge in [-0.1, -0.05) is 0 Å².